The molecule has 4 amide bonds. The number of carbonyl (C=O) groups excluding carboxylic acids is 3. The van der Waals surface area contributed by atoms with E-state index >= 15 is 0 Å². The van der Waals surface area contributed by atoms with Gasteiger partial charge in [-0.3, -0.25) is 14.6 Å². The van der Waals surface area contributed by atoms with Gasteiger partial charge in [-0.1, -0.05) is 18.2 Å². The maximum atomic E-state index is 13.3. The Labute approximate surface area is 215 Å². The average Bonchev–Trinajstić information content (AvgIpc) is 3.02. The Bertz CT molecular complexity index is 1330. The Kier molecular flexibility index (Phi) is 7.00. The number of halogens is 3. The van der Waals surface area contributed by atoms with E-state index in [-0.39, 0.29) is 40.5 Å². The number of imide groups is 1. The van der Waals surface area contributed by atoms with E-state index in [1.807, 2.05) is 18.2 Å². The summed E-state index contributed by atoms with van der Waals surface area (Å²) in [4.78, 5) is 47.4. The zero-order valence-electron chi connectivity index (χ0n) is 20.2. The van der Waals surface area contributed by atoms with Crippen molar-refractivity contribution in [2.45, 2.75) is 36.3 Å². The third kappa shape index (κ3) is 5.46. The quantitative estimate of drug-likeness (QED) is 0.302. The van der Waals surface area contributed by atoms with E-state index in [0.717, 1.165) is 4.90 Å². The summed E-state index contributed by atoms with van der Waals surface area (Å²) in [7, 11) is 1.63. The molecule has 0 saturated carbocycles. The Balaban J connectivity index is 1.55. The summed E-state index contributed by atoms with van der Waals surface area (Å²) in [5.41, 5.74) is -4.05. The van der Waals surface area contributed by atoms with E-state index in [1.165, 1.54) is 40.3 Å². The molecule has 1 aliphatic heterocycles. The van der Waals surface area contributed by atoms with Gasteiger partial charge in [-0.25, -0.2) is 9.69 Å². The van der Waals surface area contributed by atoms with Crippen molar-refractivity contribution in [2.75, 3.05) is 16.8 Å². The van der Waals surface area contributed by atoms with Crippen molar-refractivity contribution in [3.63, 3.8) is 0 Å². The third-order valence-electron chi connectivity index (χ3n) is 5.98. The van der Waals surface area contributed by atoms with Crippen LogP contribution in [0.5, 0.6) is 0 Å². The number of thioether (sulfide) groups is 1. The maximum absolute atomic E-state index is 13.3. The van der Waals surface area contributed by atoms with Crippen molar-refractivity contribution in [3.8, 4) is 0 Å². The molecule has 7 nitrogen and oxygen atoms in total. The molecule has 0 bridgehead atoms. The number of pyridine rings is 1. The minimum Gasteiger partial charge on any atom is -0.310 e. The van der Waals surface area contributed by atoms with Crippen LogP contribution in [0.1, 0.15) is 29.9 Å². The van der Waals surface area contributed by atoms with Gasteiger partial charge in [0, 0.05) is 30.4 Å². The van der Waals surface area contributed by atoms with E-state index in [1.54, 1.807) is 45.2 Å². The van der Waals surface area contributed by atoms with Crippen molar-refractivity contribution in [1.29, 1.82) is 0 Å². The number of carbonyl (C=O) groups is 3. The van der Waals surface area contributed by atoms with Gasteiger partial charge in [0.2, 0.25) is 0 Å². The van der Waals surface area contributed by atoms with Crippen LogP contribution in [-0.2, 0) is 11.3 Å². The second-order valence-corrected chi connectivity index (χ2v) is 10.00. The lowest BCUT2D eigenvalue weighted by Crippen LogP contribution is -2.43. The van der Waals surface area contributed by atoms with Crippen molar-refractivity contribution >= 4 is 41.0 Å². The second kappa shape index (κ2) is 9.89. The largest absolute Gasteiger partial charge is 0.446 e. The number of amides is 4. The molecular weight excluding hydrogens is 505 g/mol. The van der Waals surface area contributed by atoms with E-state index < -0.39 is 23.0 Å². The van der Waals surface area contributed by atoms with Crippen LogP contribution in [0.4, 0.5) is 29.3 Å². The highest BCUT2D eigenvalue weighted by atomic mass is 32.2. The zero-order valence-corrected chi connectivity index (χ0v) is 21.0. The smallest absolute Gasteiger partial charge is 0.310 e. The molecule has 11 heteroatoms. The Morgan fingerprint density at radius 2 is 1.68 bits per heavy atom. The third-order valence-corrected chi connectivity index (χ3v) is 6.72. The molecule has 0 N–H and O–H groups in total. The standard InChI is InChI=1S/C26H23F3N4O3S/c1-25(2)23(35)33(19-9-11-20(12-10-19)37-26(27,28)29)24(36)32(25)16-17-13-14-30-21(15-17)22(34)31(3)18-7-5-4-6-8-18/h4-15H,16H2,1-3H3. The predicted octanol–water partition coefficient (Wildman–Crippen LogP) is 5.72. The minimum atomic E-state index is -4.44. The van der Waals surface area contributed by atoms with E-state index in [2.05, 4.69) is 4.98 Å². The maximum Gasteiger partial charge on any atom is 0.446 e. The summed E-state index contributed by atoms with van der Waals surface area (Å²) in [6.45, 7) is 3.21. The number of urea groups is 1. The highest BCUT2D eigenvalue weighted by Gasteiger charge is 2.51. The van der Waals surface area contributed by atoms with Gasteiger partial charge < -0.3 is 9.80 Å². The molecule has 0 spiro atoms. The van der Waals surface area contributed by atoms with Crippen LogP contribution in [0.15, 0.2) is 77.8 Å². The van der Waals surface area contributed by atoms with Crippen molar-refractivity contribution < 1.29 is 27.6 Å². The summed E-state index contributed by atoms with van der Waals surface area (Å²) in [5.74, 6) is -0.850. The predicted molar refractivity (Wildman–Crippen MR) is 134 cm³/mol. The molecule has 0 atom stereocenters. The number of benzene rings is 2. The van der Waals surface area contributed by atoms with Crippen LogP contribution in [0.25, 0.3) is 0 Å². The molecule has 192 valence electrons. The van der Waals surface area contributed by atoms with Crippen molar-refractivity contribution in [3.05, 3.63) is 84.2 Å². The summed E-state index contributed by atoms with van der Waals surface area (Å²) in [6, 6.07) is 16.7. The molecule has 1 aromatic heterocycles. The molecule has 37 heavy (non-hydrogen) atoms. The molecule has 0 unspecified atom stereocenters. The first-order chi connectivity index (χ1) is 17.4. The lowest BCUT2D eigenvalue weighted by atomic mass is 10.0. The number of alkyl halides is 3. The molecule has 1 aliphatic rings. The molecule has 0 radical (unpaired) electrons. The van der Waals surface area contributed by atoms with Crippen LogP contribution < -0.4 is 9.80 Å². The van der Waals surface area contributed by atoms with Crippen molar-refractivity contribution in [2.24, 2.45) is 0 Å². The summed E-state index contributed by atoms with van der Waals surface area (Å²) in [6.07, 6.45) is 1.46. The minimum absolute atomic E-state index is 0.0218. The zero-order chi connectivity index (χ0) is 27.0. The summed E-state index contributed by atoms with van der Waals surface area (Å²) < 4.78 is 37.9. The summed E-state index contributed by atoms with van der Waals surface area (Å²) in [5, 5.41) is 0. The lowest BCUT2D eigenvalue weighted by Gasteiger charge is -2.27. The average molecular weight is 529 g/mol. The van der Waals surface area contributed by atoms with Crippen molar-refractivity contribution in [1.82, 2.24) is 9.88 Å². The molecular formula is C26H23F3N4O3S. The topological polar surface area (TPSA) is 73.8 Å². The Hall–Kier alpha value is -3.86. The molecule has 1 saturated heterocycles. The van der Waals surface area contributed by atoms with Crippen LogP contribution >= 0.6 is 11.8 Å². The Morgan fingerprint density at radius 3 is 2.30 bits per heavy atom. The highest BCUT2D eigenvalue weighted by molar-refractivity contribution is 8.00. The Morgan fingerprint density at radius 1 is 1.03 bits per heavy atom. The lowest BCUT2D eigenvalue weighted by molar-refractivity contribution is -0.123. The number of para-hydroxylation sites is 1. The SMILES string of the molecule is CN(C(=O)c1cc(CN2C(=O)N(c3ccc(SC(F)(F)F)cc3)C(=O)C2(C)C)ccn1)c1ccccc1. The number of nitrogens with zero attached hydrogens (tertiary/aromatic N) is 4. The van der Waals surface area contributed by atoms with Gasteiger partial charge in [0.25, 0.3) is 11.8 Å². The molecule has 1 fully saturated rings. The van der Waals surface area contributed by atoms with Gasteiger partial charge in [-0.05, 0) is 79.7 Å². The summed E-state index contributed by atoms with van der Waals surface area (Å²) >= 11 is -0.276. The number of anilines is 2. The van der Waals surface area contributed by atoms with Gasteiger partial charge in [0.15, 0.2) is 0 Å². The fourth-order valence-electron chi connectivity index (χ4n) is 3.94. The number of hydrogen-bond donors (Lipinski definition) is 0. The first-order valence-corrected chi connectivity index (χ1v) is 12.0. The van der Waals surface area contributed by atoms with Gasteiger partial charge in [0.1, 0.15) is 11.2 Å². The van der Waals surface area contributed by atoms with E-state index in [9.17, 15) is 27.6 Å². The second-order valence-electron chi connectivity index (χ2n) is 8.86. The van der Waals surface area contributed by atoms with Crippen LogP contribution in [0.3, 0.4) is 0 Å². The van der Waals surface area contributed by atoms with Crippen LogP contribution in [0.2, 0.25) is 0 Å². The van der Waals surface area contributed by atoms with Gasteiger partial charge >= 0.3 is 11.5 Å². The first-order valence-electron chi connectivity index (χ1n) is 11.2. The van der Waals surface area contributed by atoms with E-state index in [0.29, 0.717) is 11.3 Å². The van der Waals surface area contributed by atoms with E-state index in [4.69, 9.17) is 0 Å². The number of rotatable bonds is 6. The molecule has 2 heterocycles. The molecule has 0 aliphatic carbocycles. The normalized spacial score (nSPS) is 15.3. The molecule has 4 rings (SSSR count). The highest BCUT2D eigenvalue weighted by Crippen LogP contribution is 2.39. The van der Waals surface area contributed by atoms with Gasteiger partial charge in [-0.2, -0.15) is 13.2 Å². The van der Waals surface area contributed by atoms with Gasteiger partial charge in [-0.15, -0.1) is 0 Å². The van der Waals surface area contributed by atoms with Gasteiger partial charge in [0.05, 0.1) is 5.69 Å². The number of hydrogen-bond acceptors (Lipinski definition) is 5. The molecule has 2 aromatic carbocycles. The van der Waals surface area contributed by atoms with Crippen LogP contribution in [-0.4, -0.2) is 45.8 Å². The fraction of sp³-hybridized carbons (Fsp3) is 0.231. The van der Waals surface area contributed by atoms with Crippen LogP contribution in [0, 0.1) is 0 Å². The fourth-order valence-corrected chi connectivity index (χ4v) is 4.48. The monoisotopic (exact) mass is 528 g/mol. The first kappa shape index (κ1) is 26.2. The molecule has 3 aromatic rings. The number of aromatic nitrogens is 1.